The fraction of sp³-hybridized carbons (Fsp3) is 0.120. The summed E-state index contributed by atoms with van der Waals surface area (Å²) in [6.45, 7) is 0. The van der Waals surface area contributed by atoms with Crippen LogP contribution in [-0.4, -0.2) is 35.1 Å². The zero-order valence-electron chi connectivity index (χ0n) is 17.7. The van der Waals surface area contributed by atoms with E-state index in [1.165, 1.54) is 0 Å². The normalized spacial score (nSPS) is 16.1. The number of anilines is 1. The van der Waals surface area contributed by atoms with Gasteiger partial charge in [0.15, 0.2) is 0 Å². The van der Waals surface area contributed by atoms with Crippen LogP contribution < -0.4 is 14.4 Å². The van der Waals surface area contributed by atoms with Crippen molar-refractivity contribution in [3.8, 4) is 11.5 Å². The van der Waals surface area contributed by atoms with E-state index in [0.29, 0.717) is 28.6 Å². The van der Waals surface area contributed by atoms with Crippen LogP contribution in [0.15, 0.2) is 78.6 Å². The summed E-state index contributed by atoms with van der Waals surface area (Å²) >= 11 is 0. The molecule has 0 amide bonds. The number of rotatable bonds is 5. The monoisotopic (exact) mass is 426 g/mol. The molecule has 1 atom stereocenters. The molecule has 7 nitrogen and oxygen atoms in total. The number of hydrogen-bond acceptors (Lipinski definition) is 5. The maximum absolute atomic E-state index is 11.4. The van der Waals surface area contributed by atoms with Crippen LogP contribution in [0, 0.1) is 5.41 Å². The van der Waals surface area contributed by atoms with E-state index in [-0.39, 0.29) is 11.6 Å². The Morgan fingerprint density at radius 3 is 2.25 bits per heavy atom. The van der Waals surface area contributed by atoms with Crippen LogP contribution in [0.5, 0.6) is 11.5 Å². The first kappa shape index (κ1) is 19.7. The summed E-state index contributed by atoms with van der Waals surface area (Å²) in [5.74, 6) is 1.83. The number of aliphatic hydroxyl groups is 1. The molecule has 5 rings (SSSR count). The second-order valence-electron chi connectivity index (χ2n) is 7.47. The molecule has 0 bridgehead atoms. The molecule has 2 heterocycles. The number of aromatic nitrogens is 2. The molecular weight excluding hydrogens is 404 g/mol. The predicted molar refractivity (Wildman–Crippen MR) is 125 cm³/mol. The molecule has 0 aliphatic carbocycles. The van der Waals surface area contributed by atoms with Gasteiger partial charge in [-0.2, -0.15) is 0 Å². The van der Waals surface area contributed by atoms with Crippen molar-refractivity contribution < 1.29 is 14.6 Å². The van der Waals surface area contributed by atoms with E-state index >= 15 is 0 Å². The number of hydrogen-bond donors (Lipinski definition) is 3. The van der Waals surface area contributed by atoms with E-state index in [0.717, 1.165) is 16.6 Å². The van der Waals surface area contributed by atoms with Crippen molar-refractivity contribution in [3.05, 3.63) is 89.9 Å². The van der Waals surface area contributed by atoms with Crippen molar-refractivity contribution in [1.29, 1.82) is 5.41 Å². The van der Waals surface area contributed by atoms with Crippen molar-refractivity contribution in [2.24, 2.45) is 0 Å². The Bertz CT molecular complexity index is 1290. The highest BCUT2D eigenvalue weighted by Gasteiger charge is 2.41. The number of methoxy groups -OCH3 is 2. The largest absolute Gasteiger partial charge is 0.509 e. The van der Waals surface area contributed by atoms with Crippen molar-refractivity contribution in [3.63, 3.8) is 0 Å². The number of aliphatic hydroxyl groups excluding tert-OH is 1. The minimum atomic E-state index is -0.594. The Morgan fingerprint density at radius 2 is 1.59 bits per heavy atom. The summed E-state index contributed by atoms with van der Waals surface area (Å²) in [4.78, 5) is 9.63. The molecule has 4 aromatic rings. The Morgan fingerprint density at radius 1 is 0.938 bits per heavy atom. The zero-order valence-corrected chi connectivity index (χ0v) is 17.7. The fourth-order valence-electron chi connectivity index (χ4n) is 4.09. The maximum Gasteiger partial charge on any atom is 0.145 e. The molecular formula is C25H22N4O3. The van der Waals surface area contributed by atoms with Gasteiger partial charge in [-0.1, -0.05) is 42.5 Å². The molecule has 3 aromatic carbocycles. The van der Waals surface area contributed by atoms with Crippen LogP contribution >= 0.6 is 0 Å². The number of imidazole rings is 1. The molecule has 160 valence electrons. The van der Waals surface area contributed by atoms with Gasteiger partial charge in [-0.15, -0.1) is 0 Å². The van der Waals surface area contributed by atoms with Gasteiger partial charge < -0.3 is 24.5 Å². The van der Waals surface area contributed by atoms with Gasteiger partial charge in [-0.3, -0.25) is 5.41 Å². The molecule has 0 saturated carbocycles. The lowest BCUT2D eigenvalue weighted by atomic mass is 10.0. The van der Waals surface area contributed by atoms with Crippen LogP contribution in [0.25, 0.3) is 16.6 Å². The highest BCUT2D eigenvalue weighted by Crippen LogP contribution is 2.44. The summed E-state index contributed by atoms with van der Waals surface area (Å²) in [6.07, 6.45) is 0. The van der Waals surface area contributed by atoms with Gasteiger partial charge in [0.05, 0.1) is 36.5 Å². The van der Waals surface area contributed by atoms with E-state index < -0.39 is 6.04 Å². The predicted octanol–water partition coefficient (Wildman–Crippen LogP) is 5.09. The van der Waals surface area contributed by atoms with Crippen molar-refractivity contribution in [2.75, 3.05) is 19.1 Å². The average molecular weight is 426 g/mol. The number of benzene rings is 3. The number of amidine groups is 1. The number of para-hydroxylation sites is 2. The van der Waals surface area contributed by atoms with Crippen molar-refractivity contribution in [2.45, 2.75) is 6.04 Å². The second kappa shape index (κ2) is 7.77. The number of ether oxygens (including phenoxy) is 2. The molecule has 0 spiro atoms. The van der Waals surface area contributed by atoms with Crippen molar-refractivity contribution >= 4 is 28.1 Å². The Balaban J connectivity index is 1.70. The third-order valence-electron chi connectivity index (χ3n) is 5.61. The summed E-state index contributed by atoms with van der Waals surface area (Å²) < 4.78 is 10.9. The van der Waals surface area contributed by atoms with Gasteiger partial charge >= 0.3 is 0 Å². The molecule has 0 unspecified atom stereocenters. The van der Waals surface area contributed by atoms with Gasteiger partial charge in [0.25, 0.3) is 0 Å². The number of aromatic amines is 1. The lowest BCUT2D eigenvalue weighted by Crippen LogP contribution is -2.29. The van der Waals surface area contributed by atoms with Crippen LogP contribution in [0.3, 0.4) is 0 Å². The first-order valence-electron chi connectivity index (χ1n) is 10.1. The zero-order chi connectivity index (χ0) is 22.2. The standard InChI is InChI=1S/C25H22N4O3/c1-31-17-12-16(13-18(14-17)32-2)29-22(15-8-4-3-5-9-15)23(30)21(24(29)26)25-27-19-10-6-7-11-20(19)28-25/h3-14,22,26,30H,1-2H3,(H,27,28)/t22-/m0/s1. The average Bonchev–Trinajstić information content (AvgIpc) is 3.36. The number of nitrogens with one attached hydrogen (secondary N) is 2. The molecule has 1 aliphatic rings. The summed E-state index contributed by atoms with van der Waals surface area (Å²) in [7, 11) is 3.16. The van der Waals surface area contributed by atoms with E-state index in [4.69, 9.17) is 14.9 Å². The first-order valence-corrected chi connectivity index (χ1v) is 10.1. The molecule has 3 N–H and O–H groups in total. The molecule has 0 fully saturated rings. The Labute approximate surface area is 185 Å². The molecule has 0 saturated heterocycles. The van der Waals surface area contributed by atoms with E-state index in [1.54, 1.807) is 25.2 Å². The Kier molecular flexibility index (Phi) is 4.78. The van der Waals surface area contributed by atoms with Gasteiger partial charge in [0.2, 0.25) is 0 Å². The highest BCUT2D eigenvalue weighted by molar-refractivity contribution is 6.31. The molecule has 32 heavy (non-hydrogen) atoms. The maximum atomic E-state index is 11.4. The third-order valence-corrected chi connectivity index (χ3v) is 5.61. The summed E-state index contributed by atoms with van der Waals surface area (Å²) in [5.41, 5.74) is 3.49. The lowest BCUT2D eigenvalue weighted by molar-refractivity contribution is 0.378. The first-order chi connectivity index (χ1) is 15.6. The molecule has 1 aliphatic heterocycles. The quantitative estimate of drug-likeness (QED) is 0.413. The Hall–Kier alpha value is -4.26. The second-order valence-corrected chi connectivity index (χ2v) is 7.47. The third kappa shape index (κ3) is 3.15. The highest BCUT2D eigenvalue weighted by atomic mass is 16.5. The van der Waals surface area contributed by atoms with Gasteiger partial charge in [0, 0.05) is 18.2 Å². The lowest BCUT2D eigenvalue weighted by Gasteiger charge is -2.28. The van der Waals surface area contributed by atoms with Crippen molar-refractivity contribution in [1.82, 2.24) is 9.97 Å². The topological polar surface area (TPSA) is 94.5 Å². The fourth-order valence-corrected chi connectivity index (χ4v) is 4.09. The number of H-pyrrole nitrogens is 1. The minimum absolute atomic E-state index is 0.0574. The van der Waals surface area contributed by atoms with E-state index in [2.05, 4.69) is 9.97 Å². The number of fused-ring (bicyclic) bond motifs is 1. The van der Waals surface area contributed by atoms with Crippen LogP contribution in [0.2, 0.25) is 0 Å². The summed E-state index contributed by atoms with van der Waals surface area (Å²) in [6, 6.07) is 22.1. The molecule has 0 radical (unpaired) electrons. The van der Waals surface area contributed by atoms with Crippen LogP contribution in [-0.2, 0) is 0 Å². The SMILES string of the molecule is COc1cc(OC)cc(N2C(=N)C(c3nc4ccccc4[nH]3)=C(O)[C@@H]2c2ccccc2)c1. The van der Waals surface area contributed by atoms with Gasteiger partial charge in [-0.25, -0.2) is 4.98 Å². The van der Waals surface area contributed by atoms with Crippen LogP contribution in [0.4, 0.5) is 5.69 Å². The molecule has 7 heteroatoms. The smallest absolute Gasteiger partial charge is 0.145 e. The van der Waals surface area contributed by atoms with Crippen LogP contribution in [0.1, 0.15) is 17.4 Å². The minimum Gasteiger partial charge on any atom is -0.509 e. The van der Waals surface area contributed by atoms with Gasteiger partial charge in [-0.05, 0) is 17.7 Å². The van der Waals surface area contributed by atoms with E-state index in [1.807, 2.05) is 66.7 Å². The van der Waals surface area contributed by atoms with Gasteiger partial charge in [0.1, 0.15) is 35.0 Å². The number of nitrogens with zero attached hydrogens (tertiary/aromatic N) is 2. The van der Waals surface area contributed by atoms with E-state index in [9.17, 15) is 5.11 Å². The molecule has 1 aromatic heterocycles. The summed E-state index contributed by atoms with van der Waals surface area (Å²) in [5, 5.41) is 20.5.